The zero-order valence-electron chi connectivity index (χ0n) is 23.3. The van der Waals surface area contributed by atoms with Gasteiger partial charge in [-0.05, 0) is 61.5 Å². The van der Waals surface area contributed by atoms with Crippen LogP contribution in [-0.4, -0.2) is 48.1 Å². The largest absolute Gasteiger partial charge is 0.505 e. The number of fused-ring (bicyclic) bond motifs is 1. The van der Waals surface area contributed by atoms with Gasteiger partial charge >= 0.3 is 0 Å². The van der Waals surface area contributed by atoms with Gasteiger partial charge < -0.3 is 20.2 Å². The van der Waals surface area contributed by atoms with E-state index in [1.54, 1.807) is 0 Å². The summed E-state index contributed by atoms with van der Waals surface area (Å²) >= 11 is 0. The molecule has 4 N–H and O–H groups in total. The predicted octanol–water partition coefficient (Wildman–Crippen LogP) is 4.59. The Morgan fingerprint density at radius 2 is 1.70 bits per heavy atom. The van der Waals surface area contributed by atoms with Crippen LogP contribution in [0.3, 0.4) is 0 Å². The smallest absolute Gasteiger partial charge is 0.274 e. The topological polar surface area (TPSA) is 164 Å². The summed E-state index contributed by atoms with van der Waals surface area (Å²) in [5.74, 6) is -2.93. The number of hydrogen-bond acceptors (Lipinski definition) is 8. The van der Waals surface area contributed by atoms with Crippen molar-refractivity contribution in [2.24, 2.45) is 0 Å². The zero-order chi connectivity index (χ0) is 31.6. The molecule has 3 aromatic heterocycles. The molecule has 5 rings (SSSR count). The van der Waals surface area contributed by atoms with Gasteiger partial charge in [-0.15, -0.1) is 0 Å². The highest BCUT2D eigenvalue weighted by Gasteiger charge is 2.25. The van der Waals surface area contributed by atoms with Crippen LogP contribution in [0.5, 0.6) is 5.75 Å². The van der Waals surface area contributed by atoms with Gasteiger partial charge in [0.25, 0.3) is 11.8 Å². The minimum absolute atomic E-state index is 0.0299. The van der Waals surface area contributed by atoms with Crippen molar-refractivity contribution in [2.45, 2.75) is 13.5 Å². The first-order valence-electron chi connectivity index (χ1n) is 13.2. The summed E-state index contributed by atoms with van der Waals surface area (Å²) in [7, 11) is -2.41. The molecule has 44 heavy (non-hydrogen) atoms. The number of pyridine rings is 2. The average molecular weight is 622 g/mol. The number of halogens is 2. The van der Waals surface area contributed by atoms with Crippen LogP contribution in [0.4, 0.5) is 14.5 Å². The first-order chi connectivity index (χ1) is 21.0. The van der Waals surface area contributed by atoms with Crippen LogP contribution in [0.1, 0.15) is 33.5 Å². The highest BCUT2D eigenvalue weighted by atomic mass is 32.2. The van der Waals surface area contributed by atoms with E-state index in [1.165, 1.54) is 74.6 Å². The molecule has 0 atom stereocenters. The number of benzene rings is 2. The number of carbonyl (C=O) groups is 2. The third kappa shape index (κ3) is 6.20. The summed E-state index contributed by atoms with van der Waals surface area (Å²) in [4.78, 5) is 34.2. The van der Waals surface area contributed by atoms with Crippen LogP contribution < -0.4 is 15.4 Å². The van der Waals surface area contributed by atoms with Crippen molar-refractivity contribution in [1.29, 1.82) is 0 Å². The first kappa shape index (κ1) is 30.1. The lowest BCUT2D eigenvalue weighted by Crippen LogP contribution is -2.24. The number of carbonyl (C=O) groups excluding carboxylic acids is 2. The fraction of sp³-hybridized carbons (Fsp3) is 0.133. The molecule has 0 saturated heterocycles. The maximum atomic E-state index is 13.6. The summed E-state index contributed by atoms with van der Waals surface area (Å²) in [5, 5.41) is 15.8. The molecule has 5 aromatic rings. The second-order valence-corrected chi connectivity index (χ2v) is 11.5. The van der Waals surface area contributed by atoms with E-state index >= 15 is 0 Å². The Balaban J connectivity index is 1.65. The van der Waals surface area contributed by atoms with Gasteiger partial charge in [-0.3, -0.25) is 19.3 Å². The molecule has 2 amide bonds. The predicted molar refractivity (Wildman–Crippen MR) is 158 cm³/mol. The number of furan rings is 1. The molecule has 0 aliphatic heterocycles. The van der Waals surface area contributed by atoms with Gasteiger partial charge in [0.05, 0.1) is 41.1 Å². The van der Waals surface area contributed by atoms with E-state index in [0.29, 0.717) is 11.3 Å². The minimum atomic E-state index is -3.83. The summed E-state index contributed by atoms with van der Waals surface area (Å²) in [5.41, 5.74) is 0.901. The Labute approximate surface area is 250 Å². The van der Waals surface area contributed by atoms with Gasteiger partial charge in [0.1, 0.15) is 28.7 Å². The van der Waals surface area contributed by atoms with Crippen molar-refractivity contribution >= 4 is 38.5 Å². The molecular weight excluding hydrogens is 596 g/mol. The second-order valence-electron chi connectivity index (χ2n) is 9.51. The molecule has 0 unspecified atom stereocenters. The Hall–Kier alpha value is -5.37. The quantitative estimate of drug-likeness (QED) is 0.186. The molecule has 11 nitrogen and oxygen atoms in total. The van der Waals surface area contributed by atoms with Crippen molar-refractivity contribution in [3.8, 4) is 28.3 Å². The fourth-order valence-corrected chi connectivity index (χ4v) is 5.02. The molecule has 0 spiro atoms. The molecule has 2 aromatic carbocycles. The monoisotopic (exact) mass is 621 g/mol. The number of aromatic nitrogens is 2. The molecule has 0 bridgehead atoms. The normalized spacial score (nSPS) is 11.4. The highest BCUT2D eigenvalue weighted by molar-refractivity contribution is 7.92. The molecule has 0 saturated carbocycles. The maximum Gasteiger partial charge on any atom is 0.274 e. The number of nitrogens with one attached hydrogen (secondary N) is 3. The summed E-state index contributed by atoms with van der Waals surface area (Å²) < 4.78 is 60.6. The second kappa shape index (κ2) is 12.1. The zero-order valence-corrected chi connectivity index (χ0v) is 24.1. The van der Waals surface area contributed by atoms with E-state index in [-0.39, 0.29) is 57.2 Å². The number of sulfonamides is 1. The summed E-state index contributed by atoms with van der Waals surface area (Å²) in [6.45, 7) is 1.36. The van der Waals surface area contributed by atoms with Crippen molar-refractivity contribution in [2.75, 3.05) is 17.5 Å². The third-order valence-electron chi connectivity index (χ3n) is 6.62. The van der Waals surface area contributed by atoms with Crippen molar-refractivity contribution in [1.82, 2.24) is 20.6 Å². The molecule has 3 heterocycles. The number of nitrogens with zero attached hydrogens (tertiary/aromatic N) is 2. The van der Waals surface area contributed by atoms with E-state index in [0.717, 1.165) is 6.20 Å². The Morgan fingerprint density at radius 3 is 2.36 bits per heavy atom. The summed E-state index contributed by atoms with van der Waals surface area (Å²) in [6.07, 6.45) is 0.997. The van der Waals surface area contributed by atoms with Gasteiger partial charge in [0.2, 0.25) is 10.0 Å². The molecular formula is C30H25F2N5O6S. The van der Waals surface area contributed by atoms with Gasteiger partial charge in [0, 0.05) is 29.6 Å². The van der Waals surface area contributed by atoms with Gasteiger partial charge in [-0.1, -0.05) is 0 Å². The van der Waals surface area contributed by atoms with E-state index in [9.17, 15) is 31.9 Å². The average Bonchev–Trinajstić information content (AvgIpc) is 3.38. The molecule has 0 fully saturated rings. The molecule has 226 valence electrons. The number of hydrogen-bond donors (Lipinski definition) is 4. The van der Waals surface area contributed by atoms with Crippen LogP contribution in [-0.2, 0) is 16.6 Å². The van der Waals surface area contributed by atoms with Crippen LogP contribution in [0.2, 0.25) is 0 Å². The van der Waals surface area contributed by atoms with Crippen molar-refractivity contribution in [3.05, 3.63) is 95.4 Å². The fourth-order valence-electron chi connectivity index (χ4n) is 4.37. The molecule has 14 heteroatoms. The van der Waals surface area contributed by atoms with Gasteiger partial charge in [-0.25, -0.2) is 22.2 Å². The number of amides is 2. The van der Waals surface area contributed by atoms with Gasteiger partial charge in [-0.2, -0.15) is 0 Å². The van der Waals surface area contributed by atoms with Crippen LogP contribution in [0, 0.1) is 11.6 Å². The molecule has 0 aliphatic carbocycles. The first-order valence-corrected chi connectivity index (χ1v) is 14.8. The number of aromatic hydroxyl groups is 1. The van der Waals surface area contributed by atoms with Crippen molar-refractivity contribution in [3.63, 3.8) is 0 Å². The van der Waals surface area contributed by atoms with E-state index in [1.807, 2.05) is 0 Å². The molecule has 0 radical (unpaired) electrons. The van der Waals surface area contributed by atoms with E-state index in [4.69, 9.17) is 4.42 Å². The summed E-state index contributed by atoms with van der Waals surface area (Å²) in [6, 6.07) is 13.3. The van der Waals surface area contributed by atoms with Crippen LogP contribution in [0.25, 0.3) is 33.6 Å². The lowest BCUT2D eigenvalue weighted by molar-refractivity contribution is 0.0940. The lowest BCUT2D eigenvalue weighted by atomic mass is 10.0. The Bertz CT molecular complexity index is 2000. The maximum absolute atomic E-state index is 13.6. The number of rotatable bonds is 9. The van der Waals surface area contributed by atoms with E-state index < -0.39 is 39.2 Å². The minimum Gasteiger partial charge on any atom is -0.505 e. The van der Waals surface area contributed by atoms with E-state index in [2.05, 4.69) is 25.3 Å². The highest BCUT2D eigenvalue weighted by Crippen LogP contribution is 2.40. The van der Waals surface area contributed by atoms with Gasteiger partial charge in [0.15, 0.2) is 5.69 Å². The van der Waals surface area contributed by atoms with Crippen LogP contribution in [0.15, 0.2) is 71.3 Å². The third-order valence-corrected chi connectivity index (χ3v) is 7.91. The lowest BCUT2D eigenvalue weighted by Gasteiger charge is -2.14. The Morgan fingerprint density at radius 1 is 0.977 bits per heavy atom. The number of anilines is 1. The molecule has 0 aliphatic rings. The van der Waals surface area contributed by atoms with Crippen molar-refractivity contribution < 1.29 is 36.3 Å². The van der Waals surface area contributed by atoms with Crippen LogP contribution >= 0.6 is 0 Å². The SMILES string of the molecule is CCS(=O)(=O)Nc1cc2oc(-c3ccc(F)cc3)c(C(=O)NC)c2cc1-c1ccc(O)c(C(=O)NCc2ccc(F)cn2)n1. The standard InChI is InChI=1S/C30H25F2N5O6S/c1-3-44(41,42)37-23-13-25-21(26(29(39)33-2)28(43-25)16-4-6-17(31)7-5-16)12-20(23)22-10-11-24(38)27(36-22)30(40)35-15-19-9-8-18(32)14-34-19/h4-14,37-38H,3,15H2,1-2H3,(H,33,39)(H,35,40). The Kier molecular flexibility index (Phi) is 8.27.